The first kappa shape index (κ1) is 24.4. The number of halogens is 3. The van der Waals surface area contributed by atoms with Gasteiger partial charge in [0.15, 0.2) is 11.5 Å². The molecule has 0 saturated heterocycles. The van der Waals surface area contributed by atoms with Crippen LogP contribution in [0.5, 0.6) is 11.5 Å². The quantitative estimate of drug-likeness (QED) is 0.238. The molecule has 0 aromatic heterocycles. The number of ether oxygens (including phenoxy) is 2. The van der Waals surface area contributed by atoms with Gasteiger partial charge in [0.25, 0.3) is 0 Å². The van der Waals surface area contributed by atoms with Gasteiger partial charge >= 0.3 is 0 Å². The van der Waals surface area contributed by atoms with E-state index in [1.54, 1.807) is 18.2 Å². The van der Waals surface area contributed by atoms with Crippen molar-refractivity contribution in [3.05, 3.63) is 51.0 Å². The fourth-order valence-electron chi connectivity index (χ4n) is 2.32. The Morgan fingerprint density at radius 3 is 2.55 bits per heavy atom. The number of terminal acetylenes is 1. The SMILES string of the molecule is C#CCOc1c(Cl)cc(C=NNC(=O)CC(=O)Nc2ccc(Cl)c(Cl)c2)cc1OCC. The van der Waals surface area contributed by atoms with Gasteiger partial charge in [-0.25, -0.2) is 5.43 Å². The number of amides is 2. The van der Waals surface area contributed by atoms with E-state index in [0.717, 1.165) is 0 Å². The van der Waals surface area contributed by atoms with Crippen LogP contribution in [-0.4, -0.2) is 31.2 Å². The molecule has 0 fully saturated rings. The number of nitrogens with zero attached hydrogens (tertiary/aromatic N) is 1. The molecule has 0 spiro atoms. The van der Waals surface area contributed by atoms with Crippen LogP contribution in [0.1, 0.15) is 18.9 Å². The van der Waals surface area contributed by atoms with Gasteiger partial charge in [-0.1, -0.05) is 40.7 Å². The van der Waals surface area contributed by atoms with Crippen LogP contribution >= 0.6 is 34.8 Å². The number of rotatable bonds is 9. The smallest absolute Gasteiger partial charge is 0.249 e. The first-order valence-corrected chi connectivity index (χ1v) is 10.1. The molecule has 2 amide bonds. The largest absolute Gasteiger partial charge is 0.490 e. The van der Waals surface area contributed by atoms with Crippen LogP contribution in [0.15, 0.2) is 35.4 Å². The Hall–Kier alpha value is -2.92. The van der Waals surface area contributed by atoms with Gasteiger partial charge in [-0.05, 0) is 42.8 Å². The third-order valence-electron chi connectivity index (χ3n) is 3.56. The third kappa shape index (κ3) is 7.68. The average Bonchev–Trinajstić information content (AvgIpc) is 2.70. The van der Waals surface area contributed by atoms with Crippen molar-refractivity contribution in [3.63, 3.8) is 0 Å². The molecular formula is C21H18Cl3N3O4. The maximum absolute atomic E-state index is 12.0. The van der Waals surface area contributed by atoms with E-state index in [1.807, 2.05) is 6.92 Å². The van der Waals surface area contributed by atoms with Crippen molar-refractivity contribution in [2.45, 2.75) is 13.3 Å². The van der Waals surface area contributed by atoms with E-state index in [9.17, 15) is 9.59 Å². The first-order chi connectivity index (χ1) is 14.8. The zero-order chi connectivity index (χ0) is 22.8. The molecule has 0 atom stereocenters. The molecule has 31 heavy (non-hydrogen) atoms. The highest BCUT2D eigenvalue weighted by atomic mass is 35.5. The average molecular weight is 483 g/mol. The number of carbonyl (C=O) groups excluding carboxylic acids is 2. The van der Waals surface area contributed by atoms with E-state index in [1.165, 1.54) is 18.3 Å². The lowest BCUT2D eigenvalue weighted by molar-refractivity contribution is -0.126. The van der Waals surface area contributed by atoms with Crippen LogP contribution < -0.4 is 20.2 Å². The van der Waals surface area contributed by atoms with E-state index in [2.05, 4.69) is 21.8 Å². The molecule has 2 aromatic rings. The number of carbonyl (C=O) groups is 2. The summed E-state index contributed by atoms with van der Waals surface area (Å²) >= 11 is 17.9. The molecule has 0 unspecified atom stereocenters. The van der Waals surface area contributed by atoms with Gasteiger partial charge in [-0.2, -0.15) is 5.10 Å². The number of benzene rings is 2. The second-order valence-electron chi connectivity index (χ2n) is 5.90. The van der Waals surface area contributed by atoms with Crippen LogP contribution in [0, 0.1) is 12.3 Å². The standard InChI is InChI=1S/C21H18Cl3N3O4/c1-3-7-31-21-17(24)8-13(9-18(21)30-4-2)12-25-27-20(29)11-19(28)26-14-5-6-15(22)16(23)10-14/h1,5-6,8-10,12H,4,7,11H2,2H3,(H,26,28)(H,27,29). The van der Waals surface area contributed by atoms with Crippen LogP contribution in [0.25, 0.3) is 0 Å². The van der Waals surface area contributed by atoms with E-state index in [-0.39, 0.29) is 16.7 Å². The molecule has 7 nitrogen and oxygen atoms in total. The molecule has 0 bridgehead atoms. The fourth-order valence-corrected chi connectivity index (χ4v) is 2.89. The van der Waals surface area contributed by atoms with Crippen LogP contribution in [0.3, 0.4) is 0 Å². The highest BCUT2D eigenvalue weighted by Gasteiger charge is 2.13. The van der Waals surface area contributed by atoms with Crippen LogP contribution in [0.2, 0.25) is 15.1 Å². The fraction of sp³-hybridized carbons (Fsp3) is 0.190. The molecule has 0 heterocycles. The lowest BCUT2D eigenvalue weighted by Gasteiger charge is -2.12. The van der Waals surface area contributed by atoms with Crippen molar-refractivity contribution in [1.29, 1.82) is 0 Å². The van der Waals surface area contributed by atoms with Gasteiger partial charge < -0.3 is 14.8 Å². The molecule has 0 saturated carbocycles. The first-order valence-electron chi connectivity index (χ1n) is 8.93. The highest BCUT2D eigenvalue weighted by Crippen LogP contribution is 2.36. The van der Waals surface area contributed by atoms with Gasteiger partial charge in [0.2, 0.25) is 11.8 Å². The molecule has 0 aliphatic carbocycles. The minimum Gasteiger partial charge on any atom is -0.490 e. The second kappa shape index (κ2) is 12.1. The third-order valence-corrected chi connectivity index (χ3v) is 4.58. The Balaban J connectivity index is 1.96. The van der Waals surface area contributed by atoms with Crippen molar-refractivity contribution in [1.82, 2.24) is 5.43 Å². The van der Waals surface area contributed by atoms with Gasteiger partial charge in [0.1, 0.15) is 13.0 Å². The Morgan fingerprint density at radius 1 is 1.10 bits per heavy atom. The number of anilines is 1. The van der Waals surface area contributed by atoms with Gasteiger partial charge in [-0.3, -0.25) is 9.59 Å². The molecular weight excluding hydrogens is 465 g/mol. The van der Waals surface area contributed by atoms with Crippen molar-refractivity contribution in [3.8, 4) is 23.8 Å². The Kier molecular flexibility index (Phi) is 9.47. The zero-order valence-corrected chi connectivity index (χ0v) is 18.6. The lowest BCUT2D eigenvalue weighted by atomic mass is 10.2. The van der Waals surface area contributed by atoms with E-state index in [4.69, 9.17) is 50.7 Å². The van der Waals surface area contributed by atoms with E-state index in [0.29, 0.717) is 34.4 Å². The summed E-state index contributed by atoms with van der Waals surface area (Å²) < 4.78 is 10.9. The molecule has 0 aliphatic heterocycles. The van der Waals surface area contributed by atoms with E-state index >= 15 is 0 Å². The van der Waals surface area contributed by atoms with Crippen molar-refractivity contribution < 1.29 is 19.1 Å². The molecule has 2 aromatic carbocycles. The number of hydrogen-bond donors (Lipinski definition) is 2. The van der Waals surface area contributed by atoms with Crippen molar-refractivity contribution in [2.24, 2.45) is 5.10 Å². The number of hydrazone groups is 1. The molecule has 162 valence electrons. The molecule has 0 radical (unpaired) electrons. The summed E-state index contributed by atoms with van der Waals surface area (Å²) in [6.07, 6.45) is 6.12. The van der Waals surface area contributed by atoms with Crippen LogP contribution in [-0.2, 0) is 9.59 Å². The maximum atomic E-state index is 12.0. The zero-order valence-electron chi connectivity index (χ0n) is 16.4. The topological polar surface area (TPSA) is 89.0 Å². The summed E-state index contributed by atoms with van der Waals surface area (Å²) in [5.74, 6) is 1.91. The van der Waals surface area contributed by atoms with Gasteiger partial charge in [-0.15, -0.1) is 6.42 Å². The maximum Gasteiger partial charge on any atom is 0.249 e. The molecule has 10 heteroatoms. The Morgan fingerprint density at radius 2 is 1.87 bits per heavy atom. The summed E-state index contributed by atoms with van der Waals surface area (Å²) in [4.78, 5) is 23.9. The van der Waals surface area contributed by atoms with Crippen molar-refractivity contribution >= 4 is 58.5 Å². The lowest BCUT2D eigenvalue weighted by Crippen LogP contribution is -2.24. The predicted octanol–water partition coefficient (Wildman–Crippen LogP) is 4.54. The number of hydrogen-bond acceptors (Lipinski definition) is 5. The van der Waals surface area contributed by atoms with E-state index < -0.39 is 18.2 Å². The normalized spacial score (nSPS) is 10.4. The monoisotopic (exact) mass is 481 g/mol. The second-order valence-corrected chi connectivity index (χ2v) is 7.12. The Labute approximate surface area is 194 Å². The number of nitrogens with one attached hydrogen (secondary N) is 2. The summed E-state index contributed by atoms with van der Waals surface area (Å²) in [6.45, 7) is 2.23. The molecule has 0 aliphatic rings. The predicted molar refractivity (Wildman–Crippen MR) is 122 cm³/mol. The van der Waals surface area contributed by atoms with Crippen LogP contribution in [0.4, 0.5) is 5.69 Å². The summed E-state index contributed by atoms with van der Waals surface area (Å²) in [6, 6.07) is 7.79. The summed E-state index contributed by atoms with van der Waals surface area (Å²) in [5.41, 5.74) is 3.23. The Bertz CT molecular complexity index is 1040. The molecule has 2 N–H and O–H groups in total. The highest BCUT2D eigenvalue weighted by molar-refractivity contribution is 6.42. The van der Waals surface area contributed by atoms with Crippen molar-refractivity contribution in [2.75, 3.05) is 18.5 Å². The van der Waals surface area contributed by atoms with Gasteiger partial charge in [0, 0.05) is 5.69 Å². The summed E-state index contributed by atoms with van der Waals surface area (Å²) in [5, 5.41) is 7.29. The summed E-state index contributed by atoms with van der Waals surface area (Å²) in [7, 11) is 0. The van der Waals surface area contributed by atoms with Gasteiger partial charge in [0.05, 0.1) is 27.9 Å². The minimum atomic E-state index is -0.612. The molecule has 2 rings (SSSR count). The minimum absolute atomic E-state index is 0.0353.